The van der Waals surface area contributed by atoms with Gasteiger partial charge in [-0.2, -0.15) is 0 Å². The lowest BCUT2D eigenvalue weighted by Crippen LogP contribution is -1.99. The summed E-state index contributed by atoms with van der Waals surface area (Å²) in [6, 6.07) is 12.8. The predicted molar refractivity (Wildman–Crippen MR) is 87.1 cm³/mol. The van der Waals surface area contributed by atoms with E-state index in [-0.39, 0.29) is 6.42 Å². The normalized spacial score (nSPS) is 10.6. The van der Waals surface area contributed by atoms with Gasteiger partial charge in [-0.15, -0.1) is 11.3 Å². The van der Waals surface area contributed by atoms with Gasteiger partial charge in [-0.05, 0) is 24.3 Å². The molecule has 22 heavy (non-hydrogen) atoms. The number of carboxylic acid groups (broad SMARTS) is 1. The number of benzene rings is 1. The van der Waals surface area contributed by atoms with Crippen LogP contribution in [0.3, 0.4) is 0 Å². The molecule has 110 valence electrons. The van der Waals surface area contributed by atoms with Gasteiger partial charge in [-0.1, -0.05) is 29.8 Å². The first-order chi connectivity index (χ1) is 10.6. The molecule has 6 heteroatoms. The zero-order chi connectivity index (χ0) is 15.5. The summed E-state index contributed by atoms with van der Waals surface area (Å²) in [5.74, 6) is -0.883. The second-order valence-corrected chi connectivity index (χ2v) is 6.10. The van der Waals surface area contributed by atoms with Gasteiger partial charge in [-0.3, -0.25) is 9.78 Å². The molecule has 0 atom stereocenters. The quantitative estimate of drug-likeness (QED) is 0.780. The van der Waals surface area contributed by atoms with E-state index in [0.29, 0.717) is 20.6 Å². The average molecular weight is 331 g/mol. The fourth-order valence-electron chi connectivity index (χ4n) is 2.04. The van der Waals surface area contributed by atoms with E-state index in [9.17, 15) is 4.79 Å². The second-order valence-electron chi connectivity index (χ2n) is 4.58. The number of thiazole rings is 1. The average Bonchev–Trinajstić information content (AvgIpc) is 2.92. The lowest BCUT2D eigenvalue weighted by molar-refractivity contribution is -0.136. The van der Waals surface area contributed by atoms with Crippen molar-refractivity contribution in [2.45, 2.75) is 6.42 Å². The Morgan fingerprint density at radius 3 is 2.59 bits per heavy atom. The highest BCUT2D eigenvalue weighted by molar-refractivity contribution is 7.15. The summed E-state index contributed by atoms with van der Waals surface area (Å²) in [5, 5.41) is 10.4. The van der Waals surface area contributed by atoms with E-state index in [0.717, 1.165) is 11.3 Å². The number of carboxylic acids is 1. The lowest BCUT2D eigenvalue weighted by atomic mass is 10.1. The molecule has 2 aromatic heterocycles. The van der Waals surface area contributed by atoms with Crippen molar-refractivity contribution in [2.24, 2.45) is 0 Å². The maximum Gasteiger partial charge on any atom is 0.308 e. The first kappa shape index (κ1) is 14.7. The summed E-state index contributed by atoms with van der Waals surface area (Å²) < 4.78 is 0. The standard InChI is InChI=1S/C16H11ClN2O2S/c17-11-6-4-10(5-7-11)15-13(9-14(20)21)22-16(19-15)12-3-1-2-8-18-12/h1-8H,9H2,(H,20,21). The van der Waals surface area contributed by atoms with Crippen LogP contribution in [-0.4, -0.2) is 21.0 Å². The summed E-state index contributed by atoms with van der Waals surface area (Å²) in [4.78, 5) is 20.7. The molecule has 4 nitrogen and oxygen atoms in total. The van der Waals surface area contributed by atoms with Crippen molar-refractivity contribution in [2.75, 3.05) is 0 Å². The largest absolute Gasteiger partial charge is 0.481 e. The SMILES string of the molecule is O=C(O)Cc1sc(-c2ccccn2)nc1-c1ccc(Cl)cc1. The van der Waals surface area contributed by atoms with Crippen molar-refractivity contribution < 1.29 is 9.90 Å². The molecule has 3 rings (SSSR count). The van der Waals surface area contributed by atoms with Gasteiger partial charge >= 0.3 is 5.97 Å². The number of rotatable bonds is 4. The van der Waals surface area contributed by atoms with Gasteiger partial charge in [0.25, 0.3) is 0 Å². The Bertz CT molecular complexity index is 801. The van der Waals surface area contributed by atoms with E-state index in [4.69, 9.17) is 16.7 Å². The molecule has 2 heterocycles. The Labute approximate surface area is 136 Å². The highest BCUT2D eigenvalue weighted by Gasteiger charge is 2.17. The molecule has 0 spiro atoms. The van der Waals surface area contributed by atoms with E-state index in [1.165, 1.54) is 11.3 Å². The van der Waals surface area contributed by atoms with Gasteiger partial charge in [-0.25, -0.2) is 4.98 Å². The third-order valence-electron chi connectivity index (χ3n) is 3.01. The molecule has 1 N–H and O–H groups in total. The molecular formula is C16H11ClN2O2S. The summed E-state index contributed by atoms with van der Waals surface area (Å²) in [6.07, 6.45) is 1.62. The summed E-state index contributed by atoms with van der Waals surface area (Å²) in [7, 11) is 0. The van der Waals surface area contributed by atoms with E-state index >= 15 is 0 Å². The van der Waals surface area contributed by atoms with Crippen LogP contribution < -0.4 is 0 Å². The van der Waals surface area contributed by atoms with Gasteiger partial charge in [0, 0.05) is 21.7 Å². The molecule has 0 aliphatic carbocycles. The highest BCUT2D eigenvalue weighted by Crippen LogP contribution is 2.33. The van der Waals surface area contributed by atoms with Crippen molar-refractivity contribution in [3.05, 3.63) is 58.6 Å². The minimum Gasteiger partial charge on any atom is -0.481 e. The van der Waals surface area contributed by atoms with E-state index in [1.807, 2.05) is 30.3 Å². The zero-order valence-electron chi connectivity index (χ0n) is 11.4. The number of nitrogens with zero attached hydrogens (tertiary/aromatic N) is 2. The molecule has 0 fully saturated rings. The smallest absolute Gasteiger partial charge is 0.308 e. The van der Waals surface area contributed by atoms with E-state index in [1.54, 1.807) is 18.3 Å². The van der Waals surface area contributed by atoms with Crippen LogP contribution in [0.4, 0.5) is 0 Å². The predicted octanol–water partition coefficient (Wildman–Crippen LogP) is 4.15. The Morgan fingerprint density at radius 2 is 1.95 bits per heavy atom. The van der Waals surface area contributed by atoms with Crippen LogP contribution in [0.5, 0.6) is 0 Å². The number of pyridine rings is 1. The van der Waals surface area contributed by atoms with Crippen LogP contribution >= 0.6 is 22.9 Å². The monoisotopic (exact) mass is 330 g/mol. The van der Waals surface area contributed by atoms with Crippen LogP contribution in [0.25, 0.3) is 22.0 Å². The number of hydrogen-bond donors (Lipinski definition) is 1. The number of carbonyl (C=O) groups is 1. The molecule has 0 bridgehead atoms. The maximum absolute atomic E-state index is 11.1. The molecule has 0 unspecified atom stereocenters. The Balaban J connectivity index is 2.09. The number of aromatic nitrogens is 2. The molecule has 0 radical (unpaired) electrons. The van der Waals surface area contributed by atoms with E-state index < -0.39 is 5.97 Å². The van der Waals surface area contributed by atoms with Crippen LogP contribution in [0.2, 0.25) is 5.02 Å². The summed E-state index contributed by atoms with van der Waals surface area (Å²) >= 11 is 7.25. The first-order valence-electron chi connectivity index (χ1n) is 6.52. The minimum atomic E-state index is -0.883. The van der Waals surface area contributed by atoms with Gasteiger partial charge in [0.2, 0.25) is 0 Å². The van der Waals surface area contributed by atoms with Crippen LogP contribution in [0.1, 0.15) is 4.88 Å². The topological polar surface area (TPSA) is 63.1 Å². The number of aliphatic carboxylic acids is 1. The summed E-state index contributed by atoms with van der Waals surface area (Å²) in [6.45, 7) is 0. The second kappa shape index (κ2) is 6.25. The third kappa shape index (κ3) is 3.16. The Kier molecular flexibility index (Phi) is 4.18. The van der Waals surface area contributed by atoms with Gasteiger partial charge in [0.1, 0.15) is 5.01 Å². The molecule has 0 saturated heterocycles. The maximum atomic E-state index is 11.1. The summed E-state index contributed by atoms with van der Waals surface area (Å²) in [5.41, 5.74) is 2.25. The lowest BCUT2D eigenvalue weighted by Gasteiger charge is -2.00. The van der Waals surface area contributed by atoms with Crippen LogP contribution in [0, 0.1) is 0 Å². The Hall–Kier alpha value is -2.24. The van der Waals surface area contributed by atoms with Gasteiger partial charge < -0.3 is 5.11 Å². The first-order valence-corrected chi connectivity index (χ1v) is 7.72. The Morgan fingerprint density at radius 1 is 1.18 bits per heavy atom. The molecule has 0 aliphatic rings. The minimum absolute atomic E-state index is 0.0670. The molecular weight excluding hydrogens is 320 g/mol. The van der Waals surface area contributed by atoms with Crippen molar-refractivity contribution in [3.63, 3.8) is 0 Å². The van der Waals surface area contributed by atoms with Crippen molar-refractivity contribution >= 4 is 28.9 Å². The van der Waals surface area contributed by atoms with Crippen LogP contribution in [0.15, 0.2) is 48.7 Å². The third-order valence-corrected chi connectivity index (χ3v) is 4.34. The van der Waals surface area contributed by atoms with Crippen molar-refractivity contribution in [3.8, 4) is 22.0 Å². The fourth-order valence-corrected chi connectivity index (χ4v) is 3.22. The molecule has 1 aromatic carbocycles. The highest BCUT2D eigenvalue weighted by atomic mass is 35.5. The van der Waals surface area contributed by atoms with Crippen molar-refractivity contribution in [1.82, 2.24) is 9.97 Å². The van der Waals surface area contributed by atoms with Gasteiger partial charge in [0.15, 0.2) is 0 Å². The molecule has 0 saturated carbocycles. The zero-order valence-corrected chi connectivity index (χ0v) is 12.9. The molecule has 0 aliphatic heterocycles. The van der Waals surface area contributed by atoms with Crippen molar-refractivity contribution in [1.29, 1.82) is 0 Å². The van der Waals surface area contributed by atoms with E-state index in [2.05, 4.69) is 9.97 Å². The molecule has 0 amide bonds. The van der Waals surface area contributed by atoms with Gasteiger partial charge in [0.05, 0.1) is 17.8 Å². The number of halogens is 1. The van der Waals surface area contributed by atoms with Crippen LogP contribution in [-0.2, 0) is 11.2 Å². The number of hydrogen-bond acceptors (Lipinski definition) is 4. The fraction of sp³-hybridized carbons (Fsp3) is 0.0625. The molecule has 3 aromatic rings.